The Balaban J connectivity index is 0.893. The Morgan fingerprint density at radius 3 is 2.41 bits per heavy atom. The van der Waals surface area contributed by atoms with Gasteiger partial charge >= 0.3 is 0 Å². The monoisotopic (exact) mass is 621 g/mol. The van der Waals surface area contributed by atoms with Gasteiger partial charge in [0.05, 0.1) is 0 Å². The minimum absolute atomic E-state index is 0.115. The lowest BCUT2D eigenvalue weighted by molar-refractivity contribution is -0.136. The molecule has 0 bridgehead atoms. The highest BCUT2D eigenvalue weighted by atomic mass is 16.2. The van der Waals surface area contributed by atoms with Crippen molar-refractivity contribution in [1.29, 1.82) is 0 Å². The fourth-order valence-electron chi connectivity index (χ4n) is 7.34. The van der Waals surface area contributed by atoms with Gasteiger partial charge in [0.1, 0.15) is 6.04 Å². The standard InChI is InChI=1S/C36H43N7O3/c1-23(2)28-18-37-36(38-19-28)39-29-12-15-42(16-13-29)30-6-3-24(4-7-30)20-41-14-11-26(21-41)25-5-8-31-27(17-25)22-43(35(31)46)32-9-10-33(44)40-34(32)45/h3-8,17-19,23,26,29,32H,9-16,20-22H2,1-2H3,(H,37,38,39)(H,40,44,45)/t26-,32?/m1/s1. The Hall–Kier alpha value is -4.31. The highest BCUT2D eigenvalue weighted by Gasteiger charge is 2.39. The number of anilines is 2. The van der Waals surface area contributed by atoms with Crippen LogP contribution in [0.15, 0.2) is 54.9 Å². The number of amides is 3. The van der Waals surface area contributed by atoms with Crippen LogP contribution in [-0.2, 0) is 22.7 Å². The van der Waals surface area contributed by atoms with E-state index in [4.69, 9.17) is 0 Å². The van der Waals surface area contributed by atoms with Crippen molar-refractivity contribution in [3.63, 3.8) is 0 Å². The Bertz CT molecular complexity index is 1600. The first-order valence-corrected chi connectivity index (χ1v) is 16.7. The number of piperidine rings is 2. The molecule has 0 spiro atoms. The minimum atomic E-state index is -0.577. The molecular formula is C36H43N7O3. The van der Waals surface area contributed by atoms with E-state index in [0.29, 0.717) is 36.4 Å². The lowest BCUT2D eigenvalue weighted by atomic mass is 9.95. The zero-order valence-electron chi connectivity index (χ0n) is 26.7. The van der Waals surface area contributed by atoms with Gasteiger partial charge in [-0.2, -0.15) is 0 Å². The van der Waals surface area contributed by atoms with Crippen molar-refractivity contribution in [2.45, 2.75) is 83.0 Å². The molecule has 0 aliphatic carbocycles. The molecule has 46 heavy (non-hydrogen) atoms. The van der Waals surface area contributed by atoms with Gasteiger partial charge in [0.25, 0.3) is 5.91 Å². The van der Waals surface area contributed by atoms with Crippen LogP contribution in [-0.4, -0.2) is 75.8 Å². The maximum Gasteiger partial charge on any atom is 0.255 e. The highest BCUT2D eigenvalue weighted by Crippen LogP contribution is 2.34. The van der Waals surface area contributed by atoms with Gasteiger partial charge in [-0.1, -0.05) is 38.1 Å². The Labute approximate surface area is 270 Å². The summed E-state index contributed by atoms with van der Waals surface area (Å²) in [5.74, 6) is 0.822. The first-order chi connectivity index (χ1) is 22.3. The maximum atomic E-state index is 13.1. The van der Waals surface area contributed by atoms with E-state index in [1.165, 1.54) is 16.8 Å². The molecule has 7 rings (SSSR count). The number of aromatic nitrogens is 2. The molecule has 2 atom stereocenters. The lowest BCUT2D eigenvalue weighted by Crippen LogP contribution is -2.52. The quantitative estimate of drug-likeness (QED) is 0.356. The molecule has 1 unspecified atom stereocenters. The van der Waals surface area contributed by atoms with Crippen molar-refractivity contribution in [2.75, 3.05) is 36.4 Å². The third-order valence-corrected chi connectivity index (χ3v) is 10.2. The molecule has 0 radical (unpaired) electrons. The molecule has 4 aliphatic heterocycles. The molecule has 10 nitrogen and oxygen atoms in total. The smallest absolute Gasteiger partial charge is 0.255 e. The van der Waals surface area contributed by atoms with Crippen molar-refractivity contribution in [3.05, 3.63) is 82.7 Å². The summed E-state index contributed by atoms with van der Waals surface area (Å²) >= 11 is 0. The van der Waals surface area contributed by atoms with Crippen molar-refractivity contribution in [1.82, 2.24) is 25.1 Å². The molecule has 1 aromatic heterocycles. The van der Waals surface area contributed by atoms with Crippen LogP contribution in [0.4, 0.5) is 11.6 Å². The third kappa shape index (κ3) is 6.35. The van der Waals surface area contributed by atoms with Crippen LogP contribution in [0.2, 0.25) is 0 Å². The highest BCUT2D eigenvalue weighted by molar-refractivity contribution is 6.05. The summed E-state index contributed by atoms with van der Waals surface area (Å²) in [7, 11) is 0. The van der Waals surface area contributed by atoms with Crippen LogP contribution in [0.1, 0.15) is 90.4 Å². The second kappa shape index (κ2) is 12.8. The largest absolute Gasteiger partial charge is 0.371 e. The average molecular weight is 622 g/mol. The minimum Gasteiger partial charge on any atom is -0.371 e. The van der Waals surface area contributed by atoms with E-state index >= 15 is 0 Å². The average Bonchev–Trinajstić information content (AvgIpc) is 3.66. The molecule has 5 heterocycles. The van der Waals surface area contributed by atoms with Crippen LogP contribution >= 0.6 is 0 Å². The number of nitrogens with one attached hydrogen (secondary N) is 2. The molecule has 2 aromatic carbocycles. The number of carbonyl (C=O) groups is 3. The topological polar surface area (TPSA) is 111 Å². The van der Waals surface area contributed by atoms with Crippen LogP contribution < -0.4 is 15.5 Å². The normalized spacial score (nSPS) is 22.5. The summed E-state index contributed by atoms with van der Waals surface area (Å²) in [5.41, 5.74) is 6.67. The van der Waals surface area contributed by atoms with E-state index in [9.17, 15) is 14.4 Å². The van der Waals surface area contributed by atoms with Crippen molar-refractivity contribution >= 4 is 29.4 Å². The summed E-state index contributed by atoms with van der Waals surface area (Å²) in [4.78, 5) is 52.7. The summed E-state index contributed by atoms with van der Waals surface area (Å²) in [6, 6.07) is 15.0. The van der Waals surface area contributed by atoms with Crippen LogP contribution in [0, 0.1) is 0 Å². The molecular weight excluding hydrogens is 578 g/mol. The second-order valence-electron chi connectivity index (χ2n) is 13.6. The van der Waals surface area contributed by atoms with Gasteiger partial charge in [-0.05, 0) is 84.5 Å². The van der Waals surface area contributed by atoms with E-state index in [1.54, 1.807) is 4.90 Å². The molecule has 3 fully saturated rings. The first kappa shape index (κ1) is 30.3. The first-order valence-electron chi connectivity index (χ1n) is 16.7. The second-order valence-corrected chi connectivity index (χ2v) is 13.6. The molecule has 2 N–H and O–H groups in total. The van der Waals surface area contributed by atoms with Gasteiger partial charge in [-0.15, -0.1) is 0 Å². The SMILES string of the molecule is CC(C)c1cnc(NC2CCN(c3ccc(CN4CC[C@@H](c5ccc6c(c5)CN(C5CCC(=O)NC5=O)C6=O)C4)cc3)CC2)nc1. The van der Waals surface area contributed by atoms with Gasteiger partial charge in [-0.3, -0.25) is 24.6 Å². The predicted molar refractivity (Wildman–Crippen MR) is 177 cm³/mol. The summed E-state index contributed by atoms with van der Waals surface area (Å²) < 4.78 is 0. The molecule has 3 amide bonds. The number of hydrogen-bond donors (Lipinski definition) is 2. The Morgan fingerprint density at radius 1 is 0.935 bits per heavy atom. The molecule has 10 heteroatoms. The van der Waals surface area contributed by atoms with Crippen LogP contribution in [0.3, 0.4) is 0 Å². The fraction of sp³-hybridized carbons (Fsp3) is 0.472. The number of fused-ring (bicyclic) bond motifs is 1. The lowest BCUT2D eigenvalue weighted by Gasteiger charge is -2.34. The number of carbonyl (C=O) groups excluding carboxylic acids is 3. The number of benzene rings is 2. The molecule has 3 aromatic rings. The Kier molecular flexibility index (Phi) is 8.46. The molecule has 4 aliphatic rings. The molecule has 0 saturated carbocycles. The predicted octanol–water partition coefficient (Wildman–Crippen LogP) is 4.43. The van der Waals surface area contributed by atoms with Gasteiger partial charge in [0, 0.05) is 68.8 Å². The third-order valence-electron chi connectivity index (χ3n) is 10.2. The zero-order chi connectivity index (χ0) is 31.8. The van der Waals surface area contributed by atoms with Gasteiger partial charge in [0.15, 0.2) is 0 Å². The van der Waals surface area contributed by atoms with Gasteiger partial charge in [0.2, 0.25) is 17.8 Å². The molecule has 240 valence electrons. The van der Waals surface area contributed by atoms with Crippen molar-refractivity contribution in [2.24, 2.45) is 0 Å². The summed E-state index contributed by atoms with van der Waals surface area (Å²) in [6.45, 7) is 9.68. The van der Waals surface area contributed by atoms with Crippen LogP contribution in [0.5, 0.6) is 0 Å². The van der Waals surface area contributed by atoms with E-state index < -0.39 is 6.04 Å². The number of hydrogen-bond acceptors (Lipinski definition) is 8. The van der Waals surface area contributed by atoms with Gasteiger partial charge < -0.3 is 15.1 Å². The molecule has 3 saturated heterocycles. The summed E-state index contributed by atoms with van der Waals surface area (Å²) in [6.07, 6.45) is 7.69. The number of nitrogens with zero attached hydrogens (tertiary/aromatic N) is 5. The number of rotatable bonds is 8. The fourth-order valence-corrected chi connectivity index (χ4v) is 7.34. The van der Waals surface area contributed by atoms with Gasteiger partial charge in [-0.25, -0.2) is 9.97 Å². The van der Waals surface area contributed by atoms with Crippen molar-refractivity contribution in [3.8, 4) is 0 Å². The van der Waals surface area contributed by atoms with E-state index in [2.05, 4.69) is 80.6 Å². The van der Waals surface area contributed by atoms with E-state index in [-0.39, 0.29) is 24.1 Å². The van der Waals surface area contributed by atoms with E-state index in [0.717, 1.165) is 69.1 Å². The maximum absolute atomic E-state index is 13.1. The Morgan fingerprint density at radius 2 is 1.70 bits per heavy atom. The number of imide groups is 1. The number of likely N-dealkylation sites (tertiary alicyclic amines) is 1. The zero-order valence-corrected chi connectivity index (χ0v) is 26.7. The van der Waals surface area contributed by atoms with E-state index in [1.807, 2.05) is 18.5 Å². The van der Waals surface area contributed by atoms with Crippen molar-refractivity contribution < 1.29 is 14.4 Å². The van der Waals surface area contributed by atoms with Crippen LogP contribution in [0.25, 0.3) is 0 Å². The summed E-state index contributed by atoms with van der Waals surface area (Å²) in [5, 5.41) is 5.90.